The molecule has 2 unspecified atom stereocenters. The van der Waals surface area contributed by atoms with Crippen molar-refractivity contribution in [1.82, 2.24) is 0 Å². The Balaban J connectivity index is 0. The second-order valence-corrected chi connectivity index (χ2v) is 3.86. The summed E-state index contributed by atoms with van der Waals surface area (Å²) < 4.78 is 0. The summed E-state index contributed by atoms with van der Waals surface area (Å²) in [5, 5.41) is 18.8. The van der Waals surface area contributed by atoms with Crippen LogP contribution in [-0.2, 0) is 25.8 Å². The Morgan fingerprint density at radius 3 is 1.25 bits per heavy atom. The SMILES string of the molecule is CC(C)C(O)CC(O)C(C)C.[Sc]. The van der Waals surface area contributed by atoms with Crippen molar-refractivity contribution in [2.45, 2.75) is 46.3 Å². The summed E-state index contributed by atoms with van der Waals surface area (Å²) in [6.07, 6.45) is -0.241. The fourth-order valence-electron chi connectivity index (χ4n) is 0.792. The molecule has 0 heterocycles. The van der Waals surface area contributed by atoms with E-state index in [1.54, 1.807) is 0 Å². The normalized spacial score (nSPS) is 16.0. The fourth-order valence-corrected chi connectivity index (χ4v) is 0.792. The van der Waals surface area contributed by atoms with Crippen molar-refractivity contribution in [3.05, 3.63) is 0 Å². The predicted molar refractivity (Wildman–Crippen MR) is 46.3 cm³/mol. The molecule has 0 aliphatic heterocycles. The Kier molecular flexibility index (Phi) is 9.19. The first kappa shape index (κ1) is 15.3. The monoisotopic (exact) mass is 205 g/mol. The van der Waals surface area contributed by atoms with Crippen LogP contribution >= 0.6 is 0 Å². The largest absolute Gasteiger partial charge is 0.393 e. The topological polar surface area (TPSA) is 40.5 Å². The molecular weight excluding hydrogens is 185 g/mol. The van der Waals surface area contributed by atoms with Crippen LogP contribution in [0.2, 0.25) is 0 Å². The van der Waals surface area contributed by atoms with Crippen molar-refractivity contribution >= 4 is 0 Å². The zero-order valence-corrected chi connectivity index (χ0v) is 10.3. The van der Waals surface area contributed by atoms with Gasteiger partial charge >= 0.3 is 0 Å². The molecule has 3 heteroatoms. The number of aliphatic hydroxyl groups excluding tert-OH is 2. The zero-order chi connectivity index (χ0) is 9.02. The second kappa shape index (κ2) is 7.22. The standard InChI is InChI=1S/C9H20O2.Sc/c1-6(2)8(10)5-9(11)7(3)4;/h6-11H,5H2,1-4H3;. The van der Waals surface area contributed by atoms with Crippen molar-refractivity contribution < 1.29 is 36.1 Å². The van der Waals surface area contributed by atoms with Gasteiger partial charge in [0, 0.05) is 25.8 Å². The first-order valence-corrected chi connectivity index (χ1v) is 4.31. The summed E-state index contributed by atoms with van der Waals surface area (Å²) in [6.45, 7) is 7.82. The molecule has 0 amide bonds. The molecule has 2 N–H and O–H groups in total. The van der Waals surface area contributed by atoms with E-state index < -0.39 is 0 Å². The van der Waals surface area contributed by atoms with Gasteiger partial charge in [-0.25, -0.2) is 0 Å². The predicted octanol–water partition coefficient (Wildman–Crippen LogP) is 1.41. The molecule has 0 rings (SSSR count). The van der Waals surface area contributed by atoms with Crippen molar-refractivity contribution in [3.63, 3.8) is 0 Å². The van der Waals surface area contributed by atoms with Crippen molar-refractivity contribution in [2.24, 2.45) is 11.8 Å². The Morgan fingerprint density at radius 1 is 0.833 bits per heavy atom. The summed E-state index contributed by atoms with van der Waals surface area (Å²) in [5.74, 6) is 0.479. The van der Waals surface area contributed by atoms with Gasteiger partial charge in [-0.1, -0.05) is 27.7 Å². The molecule has 71 valence electrons. The molecule has 0 aromatic rings. The van der Waals surface area contributed by atoms with E-state index in [4.69, 9.17) is 0 Å². The molecule has 0 spiro atoms. The van der Waals surface area contributed by atoms with E-state index in [0.717, 1.165) is 0 Å². The van der Waals surface area contributed by atoms with Gasteiger partial charge in [-0.15, -0.1) is 0 Å². The van der Waals surface area contributed by atoms with E-state index in [0.29, 0.717) is 6.42 Å². The summed E-state index contributed by atoms with van der Waals surface area (Å²) in [7, 11) is 0. The Bertz CT molecular complexity index is 92.7. The van der Waals surface area contributed by atoms with Crippen molar-refractivity contribution in [3.8, 4) is 0 Å². The Hall–Kier alpha value is 0.790. The van der Waals surface area contributed by atoms with Crippen LogP contribution in [0.1, 0.15) is 34.1 Å². The average molecular weight is 205 g/mol. The summed E-state index contributed by atoms with van der Waals surface area (Å²) >= 11 is 0. The minimum Gasteiger partial charge on any atom is -0.393 e. The maximum Gasteiger partial charge on any atom is 0.0587 e. The number of hydrogen-bond donors (Lipinski definition) is 2. The van der Waals surface area contributed by atoms with E-state index >= 15 is 0 Å². The maximum absolute atomic E-state index is 9.39. The van der Waals surface area contributed by atoms with Gasteiger partial charge in [-0.05, 0) is 18.3 Å². The fraction of sp³-hybridized carbons (Fsp3) is 1.00. The van der Waals surface area contributed by atoms with E-state index in [2.05, 4.69) is 0 Å². The van der Waals surface area contributed by atoms with Gasteiger partial charge in [0.05, 0.1) is 12.2 Å². The van der Waals surface area contributed by atoms with Gasteiger partial charge in [0.1, 0.15) is 0 Å². The quantitative estimate of drug-likeness (QED) is 0.728. The second-order valence-electron chi connectivity index (χ2n) is 3.86. The Labute approximate surface area is 94.2 Å². The minimum absolute atomic E-state index is 0. The van der Waals surface area contributed by atoms with Crippen LogP contribution in [0.15, 0.2) is 0 Å². The minimum atomic E-state index is -0.368. The Morgan fingerprint density at radius 2 is 1.08 bits per heavy atom. The third kappa shape index (κ3) is 6.32. The van der Waals surface area contributed by atoms with Gasteiger partial charge in [-0.2, -0.15) is 0 Å². The van der Waals surface area contributed by atoms with Crippen LogP contribution < -0.4 is 0 Å². The van der Waals surface area contributed by atoms with Crippen LogP contribution in [0, 0.1) is 11.8 Å². The smallest absolute Gasteiger partial charge is 0.0587 e. The third-order valence-electron chi connectivity index (χ3n) is 2.02. The number of hydrogen-bond acceptors (Lipinski definition) is 2. The molecule has 0 saturated heterocycles. The van der Waals surface area contributed by atoms with E-state index in [1.165, 1.54) is 0 Å². The van der Waals surface area contributed by atoms with E-state index in [9.17, 15) is 10.2 Å². The molecular formula is C9H20O2Sc. The van der Waals surface area contributed by atoms with Gasteiger partial charge in [-0.3, -0.25) is 0 Å². The summed E-state index contributed by atoms with van der Waals surface area (Å²) in [4.78, 5) is 0. The molecule has 2 nitrogen and oxygen atoms in total. The van der Waals surface area contributed by atoms with Gasteiger partial charge in [0.15, 0.2) is 0 Å². The molecule has 12 heavy (non-hydrogen) atoms. The van der Waals surface area contributed by atoms with Gasteiger partial charge in [0.25, 0.3) is 0 Å². The molecule has 0 bridgehead atoms. The van der Waals surface area contributed by atoms with Crippen LogP contribution in [-0.4, -0.2) is 22.4 Å². The van der Waals surface area contributed by atoms with Crippen LogP contribution in [0.5, 0.6) is 0 Å². The van der Waals surface area contributed by atoms with Crippen LogP contribution in [0.25, 0.3) is 0 Å². The number of aliphatic hydroxyl groups is 2. The molecule has 0 aliphatic rings. The first-order chi connectivity index (χ1) is 4.95. The summed E-state index contributed by atoms with van der Waals surface area (Å²) in [6, 6.07) is 0. The molecule has 0 aliphatic carbocycles. The average Bonchev–Trinajstić information content (AvgIpc) is 1.87. The first-order valence-electron chi connectivity index (χ1n) is 4.31. The molecule has 0 fully saturated rings. The molecule has 0 aromatic carbocycles. The maximum atomic E-state index is 9.39. The van der Waals surface area contributed by atoms with Crippen molar-refractivity contribution in [2.75, 3.05) is 0 Å². The zero-order valence-electron chi connectivity index (χ0n) is 8.49. The molecule has 1 radical (unpaired) electrons. The van der Waals surface area contributed by atoms with E-state index in [1.807, 2.05) is 27.7 Å². The molecule has 0 saturated carbocycles. The summed E-state index contributed by atoms with van der Waals surface area (Å²) in [5.41, 5.74) is 0. The van der Waals surface area contributed by atoms with Gasteiger partial charge in [0.2, 0.25) is 0 Å². The number of rotatable bonds is 4. The van der Waals surface area contributed by atoms with Crippen LogP contribution in [0.3, 0.4) is 0 Å². The van der Waals surface area contributed by atoms with Gasteiger partial charge < -0.3 is 10.2 Å². The van der Waals surface area contributed by atoms with Crippen molar-refractivity contribution in [1.29, 1.82) is 0 Å². The molecule has 2 atom stereocenters. The third-order valence-corrected chi connectivity index (χ3v) is 2.02. The van der Waals surface area contributed by atoms with E-state index in [-0.39, 0.29) is 49.9 Å². The molecule has 0 aromatic heterocycles. The van der Waals surface area contributed by atoms with Crippen LogP contribution in [0.4, 0.5) is 0 Å².